The molecule has 0 saturated heterocycles. The second-order valence-electron chi connectivity index (χ2n) is 8.82. The minimum absolute atomic E-state index is 0.0000984. The number of nitrogens with one attached hydrogen (secondary N) is 2. The molecule has 5 rings (SSSR count). The Bertz CT molecular complexity index is 1620. The molecule has 0 radical (unpaired) electrons. The number of non-ortho nitro benzene ring substituents is 1. The molecule has 5 aromatic rings. The maximum absolute atomic E-state index is 12.5. The minimum atomic E-state index is -0.749. The van der Waals surface area contributed by atoms with Crippen LogP contribution in [0.1, 0.15) is 15.9 Å². The average Bonchev–Trinajstić information content (AvgIpc) is 3.33. The third-order valence-corrected chi connectivity index (χ3v) is 6.17. The van der Waals surface area contributed by atoms with Gasteiger partial charge in [-0.3, -0.25) is 14.9 Å². The zero-order valence-corrected chi connectivity index (χ0v) is 20.3. The van der Waals surface area contributed by atoms with Gasteiger partial charge in [-0.05, 0) is 66.2 Å². The number of nitrogens with zero attached hydrogens (tertiary/aromatic N) is 1. The molecular formula is C30H25N3O5. The van der Waals surface area contributed by atoms with E-state index >= 15 is 0 Å². The molecule has 1 heterocycles. The number of aromatic nitrogens is 1. The van der Waals surface area contributed by atoms with Gasteiger partial charge in [-0.1, -0.05) is 30.3 Å². The molecular weight excluding hydrogens is 482 g/mol. The smallest absolute Gasteiger partial charge is 0.269 e. The maximum atomic E-state index is 12.5. The molecule has 1 unspecified atom stereocenters. The molecule has 3 N–H and O–H groups in total. The van der Waals surface area contributed by atoms with E-state index in [-0.39, 0.29) is 24.6 Å². The van der Waals surface area contributed by atoms with Crippen molar-refractivity contribution in [1.29, 1.82) is 0 Å². The zero-order valence-electron chi connectivity index (χ0n) is 20.3. The first kappa shape index (κ1) is 24.7. The lowest BCUT2D eigenvalue weighted by Gasteiger charge is -2.15. The summed E-state index contributed by atoms with van der Waals surface area (Å²) in [7, 11) is 0. The van der Waals surface area contributed by atoms with E-state index < -0.39 is 11.0 Å². The number of aliphatic hydroxyl groups is 1. The van der Waals surface area contributed by atoms with Crippen molar-refractivity contribution in [2.75, 3.05) is 18.5 Å². The summed E-state index contributed by atoms with van der Waals surface area (Å²) >= 11 is 0. The van der Waals surface area contributed by atoms with Gasteiger partial charge in [-0.15, -0.1) is 0 Å². The van der Waals surface area contributed by atoms with Gasteiger partial charge < -0.3 is 20.1 Å². The highest BCUT2D eigenvalue weighted by molar-refractivity contribution is 6.10. The van der Waals surface area contributed by atoms with Crippen molar-refractivity contribution in [3.8, 4) is 5.75 Å². The Kier molecular flexibility index (Phi) is 7.15. The number of H-pyrrole nitrogens is 1. The number of ketones is 1. The summed E-state index contributed by atoms with van der Waals surface area (Å²) in [6, 6.07) is 26.8. The molecule has 0 spiro atoms. The molecule has 1 aromatic heterocycles. The van der Waals surface area contributed by atoms with Crippen LogP contribution in [-0.2, 0) is 0 Å². The second kappa shape index (κ2) is 11.0. The number of carbonyl (C=O) groups excluding carboxylic acids is 1. The van der Waals surface area contributed by atoms with Crippen LogP contribution in [0.25, 0.3) is 27.9 Å². The van der Waals surface area contributed by atoms with Gasteiger partial charge in [-0.25, -0.2) is 0 Å². The summed E-state index contributed by atoms with van der Waals surface area (Å²) in [6.07, 6.45) is 2.30. The van der Waals surface area contributed by atoms with Crippen LogP contribution in [0.2, 0.25) is 0 Å². The van der Waals surface area contributed by atoms with Gasteiger partial charge in [0.1, 0.15) is 18.5 Å². The van der Waals surface area contributed by atoms with E-state index in [0.29, 0.717) is 16.9 Å². The van der Waals surface area contributed by atoms with E-state index in [4.69, 9.17) is 4.74 Å². The van der Waals surface area contributed by atoms with Crippen molar-refractivity contribution < 1.29 is 19.6 Å². The number of nitro benzene ring substituents is 1. The number of fused-ring (bicyclic) bond motifs is 3. The van der Waals surface area contributed by atoms with Gasteiger partial charge in [0.25, 0.3) is 5.69 Å². The van der Waals surface area contributed by atoms with E-state index in [1.54, 1.807) is 42.5 Å². The fourth-order valence-electron chi connectivity index (χ4n) is 4.20. The summed E-state index contributed by atoms with van der Waals surface area (Å²) in [5.41, 5.74) is 3.97. The predicted molar refractivity (Wildman–Crippen MR) is 149 cm³/mol. The van der Waals surface area contributed by atoms with Crippen LogP contribution < -0.4 is 10.1 Å². The zero-order chi connectivity index (χ0) is 26.5. The number of allylic oxidation sites excluding steroid dienone is 1. The molecule has 0 aliphatic rings. The Hall–Kier alpha value is -4.95. The topological polar surface area (TPSA) is 117 Å². The van der Waals surface area contributed by atoms with Gasteiger partial charge in [-0.2, -0.15) is 0 Å². The number of hydrogen-bond acceptors (Lipinski definition) is 6. The van der Waals surface area contributed by atoms with Crippen LogP contribution in [-0.4, -0.2) is 40.1 Å². The van der Waals surface area contributed by atoms with Crippen LogP contribution in [0.15, 0.2) is 97.1 Å². The first-order valence-corrected chi connectivity index (χ1v) is 12.1. The SMILES string of the molecule is O=C(/C=C/c1ccc([N+](=O)[O-])cc1)c1ccc(NCC(O)COc2cccc3[nH]c4ccccc4c23)cc1. The number of ether oxygens (including phenoxy) is 1. The largest absolute Gasteiger partial charge is 0.490 e. The highest BCUT2D eigenvalue weighted by Crippen LogP contribution is 2.33. The Labute approximate surface area is 218 Å². The van der Waals surface area contributed by atoms with Crippen molar-refractivity contribution in [3.05, 3.63) is 118 Å². The van der Waals surface area contributed by atoms with Crippen molar-refractivity contribution in [2.24, 2.45) is 0 Å². The molecule has 0 bridgehead atoms. The molecule has 0 amide bonds. The molecule has 0 aliphatic carbocycles. The first-order chi connectivity index (χ1) is 18.5. The van der Waals surface area contributed by atoms with Crippen molar-refractivity contribution in [1.82, 2.24) is 4.98 Å². The summed E-state index contributed by atoms with van der Waals surface area (Å²) in [6.45, 7) is 0.396. The Morgan fingerprint density at radius 1 is 0.974 bits per heavy atom. The van der Waals surface area contributed by atoms with Gasteiger partial charge in [0.05, 0.1) is 10.4 Å². The minimum Gasteiger partial charge on any atom is -0.490 e. The van der Waals surface area contributed by atoms with Gasteiger partial charge >= 0.3 is 0 Å². The number of hydrogen-bond donors (Lipinski definition) is 3. The fourth-order valence-corrected chi connectivity index (χ4v) is 4.20. The van der Waals surface area contributed by atoms with E-state index in [0.717, 1.165) is 27.5 Å². The number of rotatable bonds is 10. The normalized spacial score (nSPS) is 12.1. The summed E-state index contributed by atoms with van der Waals surface area (Å²) in [5.74, 6) is 0.526. The number of aromatic amines is 1. The predicted octanol–water partition coefficient (Wildman–Crippen LogP) is 5.98. The second-order valence-corrected chi connectivity index (χ2v) is 8.82. The number of carbonyl (C=O) groups is 1. The van der Waals surface area contributed by atoms with Crippen molar-refractivity contribution in [3.63, 3.8) is 0 Å². The fraction of sp³-hybridized carbons (Fsp3) is 0.100. The van der Waals surface area contributed by atoms with Gasteiger partial charge in [0.15, 0.2) is 5.78 Å². The highest BCUT2D eigenvalue weighted by atomic mass is 16.6. The molecule has 38 heavy (non-hydrogen) atoms. The molecule has 0 aliphatic heterocycles. The van der Waals surface area contributed by atoms with Crippen molar-refractivity contribution in [2.45, 2.75) is 6.10 Å². The summed E-state index contributed by atoms with van der Waals surface area (Å²) < 4.78 is 5.97. The average molecular weight is 508 g/mol. The van der Waals surface area contributed by atoms with E-state index in [1.165, 1.54) is 18.2 Å². The number of anilines is 1. The van der Waals surface area contributed by atoms with Crippen LogP contribution in [0.5, 0.6) is 5.75 Å². The first-order valence-electron chi connectivity index (χ1n) is 12.1. The standard InChI is InChI=1S/C30H25N3O5/c34-24(19-38-29-7-3-6-27-30(29)25-4-1-2-5-26(25)32-27)18-31-22-13-11-21(12-14-22)28(35)17-10-20-8-15-23(16-9-20)33(36)37/h1-17,24,31-32,34H,18-19H2/b17-10+. The molecule has 8 nitrogen and oxygen atoms in total. The Morgan fingerprint density at radius 3 is 2.47 bits per heavy atom. The maximum Gasteiger partial charge on any atom is 0.269 e. The third-order valence-electron chi connectivity index (χ3n) is 6.17. The van der Waals surface area contributed by atoms with E-state index in [1.807, 2.05) is 42.5 Å². The lowest BCUT2D eigenvalue weighted by Crippen LogP contribution is -2.26. The Balaban J connectivity index is 1.14. The quantitative estimate of drug-likeness (QED) is 0.0927. The number of nitro groups is 1. The van der Waals surface area contributed by atoms with Crippen molar-refractivity contribution >= 4 is 45.0 Å². The molecule has 0 fully saturated rings. The molecule has 8 heteroatoms. The molecule has 1 atom stereocenters. The Morgan fingerprint density at radius 2 is 1.71 bits per heavy atom. The van der Waals surface area contributed by atoms with Crippen LogP contribution in [0.3, 0.4) is 0 Å². The molecule has 4 aromatic carbocycles. The number of para-hydroxylation sites is 1. The van der Waals surface area contributed by atoms with E-state index in [2.05, 4.69) is 10.3 Å². The lowest BCUT2D eigenvalue weighted by atomic mass is 10.1. The van der Waals surface area contributed by atoms with Crippen LogP contribution in [0.4, 0.5) is 11.4 Å². The monoisotopic (exact) mass is 507 g/mol. The number of benzene rings is 4. The van der Waals surface area contributed by atoms with Crippen LogP contribution >= 0.6 is 0 Å². The third kappa shape index (κ3) is 5.55. The van der Waals surface area contributed by atoms with Crippen LogP contribution in [0, 0.1) is 10.1 Å². The summed E-state index contributed by atoms with van der Waals surface area (Å²) in [5, 5.41) is 26.5. The summed E-state index contributed by atoms with van der Waals surface area (Å²) in [4.78, 5) is 26.1. The molecule has 0 saturated carbocycles. The lowest BCUT2D eigenvalue weighted by molar-refractivity contribution is -0.384. The van der Waals surface area contributed by atoms with Gasteiger partial charge in [0.2, 0.25) is 0 Å². The molecule has 190 valence electrons. The number of aliphatic hydroxyl groups excluding tert-OH is 1. The van der Waals surface area contributed by atoms with E-state index in [9.17, 15) is 20.0 Å². The van der Waals surface area contributed by atoms with Gasteiger partial charge in [0, 0.05) is 46.2 Å². The highest BCUT2D eigenvalue weighted by Gasteiger charge is 2.12.